The van der Waals surface area contributed by atoms with Gasteiger partial charge in [-0.2, -0.15) is 16.9 Å². The summed E-state index contributed by atoms with van der Waals surface area (Å²) in [6, 6.07) is 0. The molecule has 0 saturated heterocycles. The molecule has 1 aliphatic carbocycles. The third-order valence-corrected chi connectivity index (χ3v) is 5.33. The Labute approximate surface area is 117 Å². The third kappa shape index (κ3) is 3.29. The summed E-state index contributed by atoms with van der Waals surface area (Å²) >= 11 is 7.94. The van der Waals surface area contributed by atoms with Crippen molar-refractivity contribution in [3.63, 3.8) is 0 Å². The number of halogens is 1. The first-order valence-electron chi connectivity index (χ1n) is 6.39. The number of aryl methyl sites for hydroxylation is 2. The topological polar surface area (TPSA) is 34.9 Å². The molecule has 0 spiro atoms. The normalized spacial score (nSPS) is 16.4. The number of hydrogen-bond donors (Lipinski definition) is 0. The van der Waals surface area contributed by atoms with Gasteiger partial charge < -0.3 is 0 Å². The van der Waals surface area contributed by atoms with Crippen LogP contribution in [0.2, 0.25) is 5.15 Å². The number of rotatable bonds is 5. The fourth-order valence-corrected chi connectivity index (χ4v) is 3.82. The van der Waals surface area contributed by atoms with Crippen molar-refractivity contribution < 1.29 is 4.79 Å². The lowest BCUT2D eigenvalue weighted by Crippen LogP contribution is -2.09. The van der Waals surface area contributed by atoms with Crippen LogP contribution in [0.15, 0.2) is 0 Å². The van der Waals surface area contributed by atoms with Crippen LogP contribution in [0.4, 0.5) is 0 Å². The van der Waals surface area contributed by atoms with E-state index in [0.717, 1.165) is 11.3 Å². The van der Waals surface area contributed by atoms with Crippen LogP contribution >= 0.6 is 23.4 Å². The van der Waals surface area contributed by atoms with Gasteiger partial charge in [0.25, 0.3) is 0 Å². The predicted octanol–water partition coefficient (Wildman–Crippen LogP) is 3.17. The standard InChI is InChI=1S/C13H19ClN2OS/c1-9-12(13(14)16(2)15-9)7-10(17)8-18-11-5-3-4-6-11/h11H,3-8H2,1-2H3. The van der Waals surface area contributed by atoms with Crippen molar-refractivity contribution in [2.45, 2.75) is 44.3 Å². The molecule has 0 N–H and O–H groups in total. The van der Waals surface area contributed by atoms with Crippen LogP contribution in [-0.2, 0) is 18.3 Å². The van der Waals surface area contributed by atoms with E-state index < -0.39 is 0 Å². The van der Waals surface area contributed by atoms with Gasteiger partial charge in [0, 0.05) is 24.3 Å². The molecule has 1 aliphatic rings. The molecule has 1 aromatic rings. The van der Waals surface area contributed by atoms with Crippen molar-refractivity contribution in [1.82, 2.24) is 9.78 Å². The van der Waals surface area contributed by atoms with E-state index in [-0.39, 0.29) is 5.78 Å². The van der Waals surface area contributed by atoms with Crippen molar-refractivity contribution in [3.8, 4) is 0 Å². The van der Waals surface area contributed by atoms with E-state index in [1.807, 2.05) is 18.7 Å². The highest BCUT2D eigenvalue weighted by Gasteiger charge is 2.19. The lowest BCUT2D eigenvalue weighted by atomic mass is 10.1. The Hall–Kier alpha value is -0.480. The Balaban J connectivity index is 1.86. The van der Waals surface area contributed by atoms with Crippen molar-refractivity contribution >= 4 is 29.1 Å². The molecule has 1 heterocycles. The van der Waals surface area contributed by atoms with Crippen LogP contribution in [-0.4, -0.2) is 26.6 Å². The maximum Gasteiger partial charge on any atom is 0.147 e. The molecule has 18 heavy (non-hydrogen) atoms. The Kier molecular flexibility index (Phi) is 4.73. The first-order chi connectivity index (χ1) is 8.58. The summed E-state index contributed by atoms with van der Waals surface area (Å²) in [4.78, 5) is 12.0. The zero-order valence-electron chi connectivity index (χ0n) is 10.9. The Morgan fingerprint density at radius 1 is 1.50 bits per heavy atom. The maximum absolute atomic E-state index is 12.0. The number of aromatic nitrogens is 2. The molecule has 1 aromatic heterocycles. The monoisotopic (exact) mass is 286 g/mol. The van der Waals surface area contributed by atoms with Gasteiger partial charge in [0.15, 0.2) is 0 Å². The molecule has 0 bridgehead atoms. The number of Topliss-reactive ketones (excluding diaryl/α,β-unsaturated/α-hetero) is 1. The molecule has 0 atom stereocenters. The highest BCUT2D eigenvalue weighted by molar-refractivity contribution is 8.00. The second-order valence-electron chi connectivity index (χ2n) is 4.91. The van der Waals surface area contributed by atoms with Gasteiger partial charge in [0.05, 0.1) is 11.4 Å². The number of carbonyl (C=O) groups is 1. The minimum Gasteiger partial charge on any atom is -0.298 e. The zero-order valence-corrected chi connectivity index (χ0v) is 12.5. The van der Waals surface area contributed by atoms with Crippen LogP contribution in [0.1, 0.15) is 36.9 Å². The average molecular weight is 287 g/mol. The maximum atomic E-state index is 12.0. The van der Waals surface area contributed by atoms with Gasteiger partial charge >= 0.3 is 0 Å². The van der Waals surface area contributed by atoms with E-state index in [1.54, 1.807) is 11.7 Å². The summed E-state index contributed by atoms with van der Waals surface area (Å²) in [7, 11) is 1.80. The van der Waals surface area contributed by atoms with Crippen LogP contribution < -0.4 is 0 Å². The average Bonchev–Trinajstić information content (AvgIpc) is 2.92. The van der Waals surface area contributed by atoms with Gasteiger partial charge in [-0.3, -0.25) is 9.48 Å². The fourth-order valence-electron chi connectivity index (χ4n) is 2.39. The number of hydrogen-bond acceptors (Lipinski definition) is 3. The summed E-state index contributed by atoms with van der Waals surface area (Å²) in [6.07, 6.45) is 5.59. The lowest BCUT2D eigenvalue weighted by Gasteiger charge is -2.07. The summed E-state index contributed by atoms with van der Waals surface area (Å²) < 4.78 is 1.63. The second kappa shape index (κ2) is 6.11. The quantitative estimate of drug-likeness (QED) is 0.834. The molecule has 100 valence electrons. The molecular weight excluding hydrogens is 268 g/mol. The van der Waals surface area contributed by atoms with Gasteiger partial charge in [-0.25, -0.2) is 0 Å². The minimum absolute atomic E-state index is 0.255. The number of carbonyl (C=O) groups excluding carboxylic acids is 1. The Morgan fingerprint density at radius 3 is 2.72 bits per heavy atom. The Bertz CT molecular complexity index is 438. The molecule has 3 nitrogen and oxygen atoms in total. The van der Waals surface area contributed by atoms with Crippen LogP contribution in [0.5, 0.6) is 0 Å². The molecule has 0 aromatic carbocycles. The van der Waals surface area contributed by atoms with Crippen LogP contribution in [0.3, 0.4) is 0 Å². The van der Waals surface area contributed by atoms with E-state index in [4.69, 9.17) is 11.6 Å². The van der Waals surface area contributed by atoms with Crippen molar-refractivity contribution in [1.29, 1.82) is 0 Å². The molecule has 0 aliphatic heterocycles. The summed E-state index contributed by atoms with van der Waals surface area (Å²) in [5, 5.41) is 5.51. The van der Waals surface area contributed by atoms with Crippen molar-refractivity contribution in [2.24, 2.45) is 7.05 Å². The summed E-state index contributed by atoms with van der Waals surface area (Å²) in [6.45, 7) is 1.90. The lowest BCUT2D eigenvalue weighted by molar-refractivity contribution is -0.116. The highest BCUT2D eigenvalue weighted by atomic mass is 35.5. The fraction of sp³-hybridized carbons (Fsp3) is 0.692. The van der Waals surface area contributed by atoms with E-state index in [0.29, 0.717) is 22.6 Å². The zero-order chi connectivity index (χ0) is 13.1. The van der Waals surface area contributed by atoms with E-state index in [9.17, 15) is 4.79 Å². The van der Waals surface area contributed by atoms with Crippen molar-refractivity contribution in [2.75, 3.05) is 5.75 Å². The van der Waals surface area contributed by atoms with E-state index in [1.165, 1.54) is 25.7 Å². The largest absolute Gasteiger partial charge is 0.298 e. The SMILES string of the molecule is Cc1nn(C)c(Cl)c1CC(=O)CSC1CCCC1. The number of nitrogens with zero attached hydrogens (tertiary/aromatic N) is 2. The molecule has 1 saturated carbocycles. The number of ketones is 1. The van der Waals surface area contributed by atoms with Gasteiger partial charge in [-0.05, 0) is 19.8 Å². The number of thioether (sulfide) groups is 1. The molecule has 0 amide bonds. The molecular formula is C13H19ClN2OS. The second-order valence-corrected chi connectivity index (χ2v) is 6.56. The van der Waals surface area contributed by atoms with Gasteiger partial charge in [0.2, 0.25) is 0 Å². The van der Waals surface area contributed by atoms with E-state index in [2.05, 4.69) is 5.10 Å². The smallest absolute Gasteiger partial charge is 0.147 e. The van der Waals surface area contributed by atoms with Gasteiger partial charge in [-0.15, -0.1) is 0 Å². The van der Waals surface area contributed by atoms with Crippen LogP contribution in [0.25, 0.3) is 0 Å². The van der Waals surface area contributed by atoms with Gasteiger partial charge in [0.1, 0.15) is 10.9 Å². The first kappa shape index (κ1) is 13.9. The van der Waals surface area contributed by atoms with Crippen molar-refractivity contribution in [3.05, 3.63) is 16.4 Å². The summed E-state index contributed by atoms with van der Waals surface area (Å²) in [5.41, 5.74) is 1.75. The van der Waals surface area contributed by atoms with E-state index >= 15 is 0 Å². The molecule has 1 fully saturated rings. The third-order valence-electron chi connectivity index (χ3n) is 3.43. The molecule has 0 radical (unpaired) electrons. The van der Waals surface area contributed by atoms with Gasteiger partial charge in [-0.1, -0.05) is 24.4 Å². The minimum atomic E-state index is 0.255. The highest BCUT2D eigenvalue weighted by Crippen LogP contribution is 2.29. The van der Waals surface area contributed by atoms with Crippen LogP contribution in [0, 0.1) is 6.92 Å². The molecule has 2 rings (SSSR count). The molecule has 0 unspecified atom stereocenters. The molecule has 5 heteroatoms. The predicted molar refractivity (Wildman–Crippen MR) is 76.4 cm³/mol. The Morgan fingerprint density at radius 2 is 2.17 bits per heavy atom. The first-order valence-corrected chi connectivity index (χ1v) is 7.82. The summed E-state index contributed by atoms with van der Waals surface area (Å²) in [5.74, 6) is 0.861.